The first kappa shape index (κ1) is 48.7. The summed E-state index contributed by atoms with van der Waals surface area (Å²) in [6.45, 7) is 4.77. The van der Waals surface area contributed by atoms with Crippen LogP contribution in [0.25, 0.3) is 0 Å². The van der Waals surface area contributed by atoms with Gasteiger partial charge >= 0.3 is 13.8 Å². The lowest BCUT2D eigenvalue weighted by Crippen LogP contribution is -2.28. The second-order valence-corrected chi connectivity index (χ2v) is 14.9. The van der Waals surface area contributed by atoms with Crippen molar-refractivity contribution in [3.8, 4) is 0 Å². The van der Waals surface area contributed by atoms with Gasteiger partial charge in [-0.3, -0.25) is 13.8 Å². The number of esters is 1. The van der Waals surface area contributed by atoms with Gasteiger partial charge in [0.05, 0.1) is 19.8 Å². The van der Waals surface area contributed by atoms with Gasteiger partial charge in [0.25, 0.3) is 0 Å². The SMILES string of the molecule is CC/C=C\C/C=C\C/C=C\CCCCCCOCC(COP(=O)(O)OCCN)OC(=O)CCCCCCCCCCCCCCCCCCC. The first-order chi connectivity index (χ1) is 24.4. The van der Waals surface area contributed by atoms with E-state index < -0.39 is 13.9 Å². The number of unbranched alkanes of at least 4 members (excludes halogenated alkanes) is 20. The van der Waals surface area contributed by atoms with Crippen molar-refractivity contribution in [2.75, 3.05) is 33.0 Å². The molecule has 0 aliphatic heterocycles. The number of allylic oxidation sites excluding steroid dienone is 6. The van der Waals surface area contributed by atoms with Crippen LogP contribution in [0.3, 0.4) is 0 Å². The molecule has 0 aromatic heterocycles. The molecule has 0 saturated heterocycles. The number of hydrogen-bond acceptors (Lipinski definition) is 7. The fourth-order valence-corrected chi connectivity index (χ4v) is 6.36. The molecule has 0 amide bonds. The highest BCUT2D eigenvalue weighted by atomic mass is 31.2. The molecule has 0 aliphatic carbocycles. The topological polar surface area (TPSA) is 117 Å². The van der Waals surface area contributed by atoms with E-state index in [-0.39, 0.29) is 32.3 Å². The monoisotopic (exact) mass is 728 g/mol. The molecule has 50 heavy (non-hydrogen) atoms. The van der Waals surface area contributed by atoms with Crippen LogP contribution in [0, 0.1) is 0 Å². The number of ether oxygens (including phenoxy) is 2. The lowest BCUT2D eigenvalue weighted by atomic mass is 10.0. The Hall–Kier alpha value is -1.28. The lowest BCUT2D eigenvalue weighted by molar-refractivity contribution is -0.154. The zero-order valence-corrected chi connectivity index (χ0v) is 33.3. The van der Waals surface area contributed by atoms with Crippen molar-refractivity contribution < 1.29 is 32.8 Å². The molecule has 2 unspecified atom stereocenters. The van der Waals surface area contributed by atoms with E-state index in [1.54, 1.807) is 0 Å². The number of phosphoric ester groups is 1. The van der Waals surface area contributed by atoms with Gasteiger partial charge in [-0.1, -0.05) is 166 Å². The Bertz CT molecular complexity index is 864. The van der Waals surface area contributed by atoms with E-state index in [2.05, 4.69) is 50.3 Å². The van der Waals surface area contributed by atoms with Crippen LogP contribution in [-0.4, -0.2) is 49.9 Å². The minimum absolute atomic E-state index is 0.0968. The number of carbonyl (C=O) groups is 1. The van der Waals surface area contributed by atoms with Crippen molar-refractivity contribution in [3.63, 3.8) is 0 Å². The number of phosphoric acid groups is 1. The van der Waals surface area contributed by atoms with Crippen LogP contribution in [0.15, 0.2) is 36.5 Å². The Labute approximate surface area is 308 Å². The Balaban J connectivity index is 4.06. The van der Waals surface area contributed by atoms with Crippen LogP contribution in [0.4, 0.5) is 0 Å². The van der Waals surface area contributed by atoms with Crippen LogP contribution in [-0.2, 0) is 27.9 Å². The molecule has 0 saturated carbocycles. The summed E-state index contributed by atoms with van der Waals surface area (Å²) in [7, 11) is -4.28. The fraction of sp³-hybridized carbons (Fsp3) is 0.829. The third kappa shape index (κ3) is 38.0. The quantitative estimate of drug-likeness (QED) is 0.0278. The fourth-order valence-electron chi connectivity index (χ4n) is 5.60. The number of carbonyl (C=O) groups excluding carboxylic acids is 1. The second-order valence-electron chi connectivity index (χ2n) is 13.5. The zero-order chi connectivity index (χ0) is 36.6. The Morgan fingerprint density at radius 2 is 1.12 bits per heavy atom. The van der Waals surface area contributed by atoms with E-state index >= 15 is 0 Å². The minimum atomic E-state index is -4.28. The molecule has 0 aromatic carbocycles. The van der Waals surface area contributed by atoms with Crippen LogP contribution in [0.5, 0.6) is 0 Å². The zero-order valence-electron chi connectivity index (χ0n) is 32.4. The van der Waals surface area contributed by atoms with Crippen molar-refractivity contribution in [2.24, 2.45) is 5.73 Å². The molecule has 0 bridgehead atoms. The van der Waals surface area contributed by atoms with Crippen LogP contribution < -0.4 is 5.73 Å². The normalized spacial score (nSPS) is 13.9. The molecule has 0 aliphatic rings. The van der Waals surface area contributed by atoms with Crippen molar-refractivity contribution in [2.45, 2.75) is 187 Å². The van der Waals surface area contributed by atoms with E-state index in [1.807, 2.05) is 0 Å². The number of hydrogen-bond donors (Lipinski definition) is 2. The Kier molecular flexibility index (Phi) is 37.9. The molecule has 0 rings (SSSR count). The highest BCUT2D eigenvalue weighted by Gasteiger charge is 2.25. The molecular weight excluding hydrogens is 649 g/mol. The van der Waals surface area contributed by atoms with Crippen LogP contribution >= 0.6 is 7.82 Å². The van der Waals surface area contributed by atoms with Crippen molar-refractivity contribution in [3.05, 3.63) is 36.5 Å². The highest BCUT2D eigenvalue weighted by Crippen LogP contribution is 2.43. The van der Waals surface area contributed by atoms with Gasteiger partial charge in [0, 0.05) is 19.6 Å². The van der Waals surface area contributed by atoms with Gasteiger partial charge in [-0.05, 0) is 44.9 Å². The van der Waals surface area contributed by atoms with Gasteiger partial charge in [-0.25, -0.2) is 4.57 Å². The average Bonchev–Trinajstić information content (AvgIpc) is 3.10. The molecule has 0 radical (unpaired) electrons. The number of nitrogens with two attached hydrogens (primary N) is 1. The first-order valence-corrected chi connectivity index (χ1v) is 22.0. The largest absolute Gasteiger partial charge is 0.472 e. The van der Waals surface area contributed by atoms with E-state index in [1.165, 1.54) is 89.9 Å². The van der Waals surface area contributed by atoms with E-state index in [9.17, 15) is 14.3 Å². The highest BCUT2D eigenvalue weighted by molar-refractivity contribution is 7.47. The van der Waals surface area contributed by atoms with Gasteiger partial charge in [0.15, 0.2) is 0 Å². The van der Waals surface area contributed by atoms with Gasteiger partial charge in [-0.2, -0.15) is 0 Å². The maximum Gasteiger partial charge on any atom is 0.472 e. The van der Waals surface area contributed by atoms with Crippen molar-refractivity contribution >= 4 is 13.8 Å². The standard InChI is InChI=1S/C41H78NO7P/c1-3-5-7-9-11-13-15-17-19-20-21-22-24-26-28-30-32-34-41(43)49-40(39-48-50(44,45)47-37-35-42)38-46-36-33-31-29-27-25-23-18-16-14-12-10-8-6-4-2/h6,8,12,14,18,23,40H,3-5,7,9-11,13,15-17,19-22,24-39,42H2,1-2H3,(H,44,45)/b8-6-,14-12-,23-18-. The van der Waals surface area contributed by atoms with E-state index in [0.717, 1.165) is 70.6 Å². The summed E-state index contributed by atoms with van der Waals surface area (Å²) in [5.74, 6) is -0.337. The van der Waals surface area contributed by atoms with Gasteiger partial charge in [-0.15, -0.1) is 0 Å². The van der Waals surface area contributed by atoms with Crippen molar-refractivity contribution in [1.82, 2.24) is 0 Å². The van der Waals surface area contributed by atoms with E-state index in [4.69, 9.17) is 24.3 Å². The number of rotatable bonds is 39. The molecule has 9 heteroatoms. The maximum atomic E-state index is 12.6. The summed E-state index contributed by atoms with van der Waals surface area (Å²) in [5.41, 5.74) is 5.36. The summed E-state index contributed by atoms with van der Waals surface area (Å²) in [5, 5.41) is 0. The lowest BCUT2D eigenvalue weighted by Gasteiger charge is -2.20. The van der Waals surface area contributed by atoms with Gasteiger partial charge in [0.2, 0.25) is 0 Å². The molecule has 3 N–H and O–H groups in total. The maximum absolute atomic E-state index is 12.6. The third-order valence-corrected chi connectivity index (χ3v) is 9.56. The third-order valence-electron chi connectivity index (χ3n) is 8.57. The van der Waals surface area contributed by atoms with Crippen molar-refractivity contribution in [1.29, 1.82) is 0 Å². The average molecular weight is 728 g/mol. The molecule has 2 atom stereocenters. The summed E-state index contributed by atoms with van der Waals surface area (Å²) in [4.78, 5) is 22.4. The van der Waals surface area contributed by atoms with E-state index in [0.29, 0.717) is 13.0 Å². The second kappa shape index (κ2) is 38.9. The molecule has 0 aromatic rings. The molecule has 0 fully saturated rings. The summed E-state index contributed by atoms with van der Waals surface area (Å²) >= 11 is 0. The summed E-state index contributed by atoms with van der Waals surface area (Å²) in [6, 6.07) is 0. The Morgan fingerprint density at radius 3 is 1.68 bits per heavy atom. The molecular formula is C41H78NO7P. The molecule has 0 heterocycles. The summed E-state index contributed by atoms with van der Waals surface area (Å²) in [6.07, 6.45) is 43.0. The predicted molar refractivity (Wildman–Crippen MR) is 210 cm³/mol. The molecule has 294 valence electrons. The van der Waals surface area contributed by atoms with Crippen LogP contribution in [0.2, 0.25) is 0 Å². The first-order valence-electron chi connectivity index (χ1n) is 20.5. The molecule has 0 spiro atoms. The predicted octanol–water partition coefficient (Wildman–Crippen LogP) is 11.9. The van der Waals surface area contributed by atoms with Gasteiger partial charge in [0.1, 0.15) is 6.10 Å². The minimum Gasteiger partial charge on any atom is -0.457 e. The van der Waals surface area contributed by atoms with Crippen LogP contribution in [0.1, 0.15) is 181 Å². The Morgan fingerprint density at radius 1 is 0.620 bits per heavy atom. The molecule has 8 nitrogen and oxygen atoms in total. The summed E-state index contributed by atoms with van der Waals surface area (Å²) < 4.78 is 33.3. The van der Waals surface area contributed by atoms with Gasteiger partial charge < -0.3 is 20.1 Å². The smallest absolute Gasteiger partial charge is 0.457 e.